The largest absolute Gasteiger partial charge is 0.477 e. The van der Waals surface area contributed by atoms with Gasteiger partial charge in [-0.05, 0) is 53.2 Å². The van der Waals surface area contributed by atoms with Crippen LogP contribution in [-0.2, 0) is 6.54 Å². The van der Waals surface area contributed by atoms with Gasteiger partial charge in [0.15, 0.2) is 5.82 Å². The number of nitrogens with one attached hydrogen (secondary N) is 2. The van der Waals surface area contributed by atoms with E-state index in [1.165, 1.54) is 0 Å². The van der Waals surface area contributed by atoms with E-state index in [0.717, 1.165) is 30.2 Å². The van der Waals surface area contributed by atoms with Crippen LogP contribution in [0, 0.1) is 0 Å². The zero-order valence-electron chi connectivity index (χ0n) is 18.1. The third-order valence-corrected chi connectivity index (χ3v) is 5.98. The summed E-state index contributed by atoms with van der Waals surface area (Å²) in [6, 6.07) is 12.2. The number of tetrazole rings is 1. The zero-order chi connectivity index (χ0) is 23.4. The fraction of sp³-hybridized carbons (Fsp3) is 0.304. The van der Waals surface area contributed by atoms with Gasteiger partial charge in [-0.3, -0.25) is 0 Å². The lowest BCUT2D eigenvalue weighted by Gasteiger charge is -2.19. The van der Waals surface area contributed by atoms with Crippen molar-refractivity contribution in [2.45, 2.75) is 38.8 Å². The molecule has 0 spiro atoms. The second-order valence-corrected chi connectivity index (χ2v) is 8.70. The predicted octanol–water partition coefficient (Wildman–Crippen LogP) is 5.08. The molecule has 3 N–H and O–H groups in total. The molecule has 0 saturated heterocycles. The Morgan fingerprint density at radius 3 is 2.64 bits per heavy atom. The molecule has 0 radical (unpaired) electrons. The van der Waals surface area contributed by atoms with Crippen molar-refractivity contribution < 1.29 is 9.90 Å². The molecule has 0 aliphatic carbocycles. The van der Waals surface area contributed by atoms with Gasteiger partial charge in [0.1, 0.15) is 5.69 Å². The van der Waals surface area contributed by atoms with Gasteiger partial charge in [-0.1, -0.05) is 61.2 Å². The molecule has 2 heterocycles. The summed E-state index contributed by atoms with van der Waals surface area (Å²) in [6.45, 7) is 3.24. The highest BCUT2D eigenvalue weighted by atomic mass is 35.5. The highest BCUT2D eigenvalue weighted by molar-refractivity contribution is 6.31. The van der Waals surface area contributed by atoms with Gasteiger partial charge < -0.3 is 15.4 Å². The van der Waals surface area contributed by atoms with Gasteiger partial charge in [0.25, 0.3) is 0 Å². The SMILES string of the molecule is CCCCCNC(c1c(C(=O)O)[nH]c2cc(Cl)ccc12)c1nnnn1Cc1ccc(Cl)cc1. The Morgan fingerprint density at radius 1 is 1.15 bits per heavy atom. The molecule has 2 aromatic carbocycles. The van der Waals surface area contributed by atoms with Crippen LogP contribution in [0.5, 0.6) is 0 Å². The summed E-state index contributed by atoms with van der Waals surface area (Å²) in [5.41, 5.74) is 2.29. The van der Waals surface area contributed by atoms with Crippen LogP contribution in [0.3, 0.4) is 0 Å². The lowest BCUT2D eigenvalue weighted by Crippen LogP contribution is -2.28. The third-order valence-electron chi connectivity index (χ3n) is 5.50. The van der Waals surface area contributed by atoms with E-state index in [2.05, 4.69) is 32.7 Å². The van der Waals surface area contributed by atoms with E-state index < -0.39 is 12.0 Å². The van der Waals surface area contributed by atoms with E-state index in [-0.39, 0.29) is 5.69 Å². The molecular weight excluding hydrogens is 463 g/mol. The average molecular weight is 487 g/mol. The Morgan fingerprint density at radius 2 is 1.91 bits per heavy atom. The van der Waals surface area contributed by atoms with Crippen LogP contribution in [0.4, 0.5) is 0 Å². The summed E-state index contributed by atoms with van der Waals surface area (Å²) in [4.78, 5) is 15.2. The highest BCUT2D eigenvalue weighted by Crippen LogP contribution is 2.33. The van der Waals surface area contributed by atoms with Crippen molar-refractivity contribution in [2.75, 3.05) is 6.54 Å². The number of halogens is 2. The summed E-state index contributed by atoms with van der Waals surface area (Å²) in [5, 5.41) is 27.7. The van der Waals surface area contributed by atoms with Gasteiger partial charge >= 0.3 is 5.97 Å². The van der Waals surface area contributed by atoms with Crippen LogP contribution in [0.2, 0.25) is 10.0 Å². The molecule has 4 rings (SSSR count). The normalized spacial score (nSPS) is 12.3. The second kappa shape index (κ2) is 10.3. The summed E-state index contributed by atoms with van der Waals surface area (Å²) < 4.78 is 1.68. The topological polar surface area (TPSA) is 109 Å². The number of hydrogen-bond donors (Lipinski definition) is 3. The Balaban J connectivity index is 1.79. The molecule has 172 valence electrons. The maximum absolute atomic E-state index is 12.2. The lowest BCUT2D eigenvalue weighted by atomic mass is 10.0. The predicted molar refractivity (Wildman–Crippen MR) is 128 cm³/mol. The first-order valence-electron chi connectivity index (χ1n) is 10.8. The smallest absolute Gasteiger partial charge is 0.352 e. The van der Waals surface area contributed by atoms with Crippen LogP contribution in [0.25, 0.3) is 10.9 Å². The number of unbranched alkanes of at least 4 members (excludes halogenated alkanes) is 2. The quantitative estimate of drug-likeness (QED) is 0.269. The molecule has 0 saturated carbocycles. The van der Waals surface area contributed by atoms with Crippen molar-refractivity contribution in [3.05, 3.63) is 75.2 Å². The molecule has 10 heteroatoms. The monoisotopic (exact) mass is 486 g/mol. The molecule has 0 amide bonds. The average Bonchev–Trinajstić information content (AvgIpc) is 3.40. The standard InChI is InChI=1S/C23H24Cl2N6O2/c1-2-3-4-11-26-20(19-17-10-9-16(25)12-18(17)27-21(19)23(32)33)22-28-29-30-31(22)13-14-5-7-15(24)8-6-14/h5-10,12,20,26-27H,2-4,11,13H2,1H3,(H,32,33). The first kappa shape index (κ1) is 23.2. The van der Waals surface area contributed by atoms with E-state index in [1.54, 1.807) is 16.8 Å². The van der Waals surface area contributed by atoms with Gasteiger partial charge in [-0.25, -0.2) is 9.48 Å². The van der Waals surface area contributed by atoms with Crippen molar-refractivity contribution in [1.29, 1.82) is 0 Å². The van der Waals surface area contributed by atoms with E-state index >= 15 is 0 Å². The number of carboxylic acids is 1. The molecule has 0 fully saturated rings. The molecular formula is C23H24Cl2N6O2. The molecule has 1 atom stereocenters. The number of nitrogens with zero attached hydrogens (tertiary/aromatic N) is 4. The van der Waals surface area contributed by atoms with Crippen LogP contribution in [-0.4, -0.2) is 42.8 Å². The van der Waals surface area contributed by atoms with Crippen LogP contribution >= 0.6 is 23.2 Å². The number of rotatable bonds is 10. The Kier molecular flexibility index (Phi) is 7.27. The maximum atomic E-state index is 12.2. The fourth-order valence-electron chi connectivity index (χ4n) is 3.90. The Labute approximate surface area is 200 Å². The van der Waals surface area contributed by atoms with Gasteiger partial charge in [-0.2, -0.15) is 0 Å². The summed E-state index contributed by atoms with van der Waals surface area (Å²) in [6.07, 6.45) is 3.08. The Hall–Kier alpha value is -2.94. The summed E-state index contributed by atoms with van der Waals surface area (Å²) >= 11 is 12.2. The van der Waals surface area contributed by atoms with Crippen molar-refractivity contribution in [1.82, 2.24) is 30.5 Å². The molecule has 33 heavy (non-hydrogen) atoms. The number of hydrogen-bond acceptors (Lipinski definition) is 5. The van der Waals surface area contributed by atoms with Crippen molar-refractivity contribution in [3.63, 3.8) is 0 Å². The van der Waals surface area contributed by atoms with E-state index in [1.807, 2.05) is 30.3 Å². The number of H-pyrrole nitrogens is 1. The highest BCUT2D eigenvalue weighted by Gasteiger charge is 2.29. The fourth-order valence-corrected chi connectivity index (χ4v) is 4.20. The van der Waals surface area contributed by atoms with Crippen molar-refractivity contribution in [3.8, 4) is 0 Å². The van der Waals surface area contributed by atoms with Crippen LogP contribution in [0.15, 0.2) is 42.5 Å². The molecule has 4 aromatic rings. The summed E-state index contributed by atoms with van der Waals surface area (Å²) in [5.74, 6) is -0.533. The number of fused-ring (bicyclic) bond motifs is 1. The van der Waals surface area contributed by atoms with Crippen LogP contribution in [0.1, 0.15) is 59.7 Å². The van der Waals surface area contributed by atoms with E-state index in [9.17, 15) is 9.90 Å². The van der Waals surface area contributed by atoms with E-state index in [0.29, 0.717) is 40.0 Å². The molecule has 8 nitrogen and oxygen atoms in total. The maximum Gasteiger partial charge on any atom is 0.352 e. The molecule has 0 aliphatic rings. The van der Waals surface area contributed by atoms with Crippen molar-refractivity contribution >= 4 is 40.1 Å². The number of aromatic amines is 1. The minimum Gasteiger partial charge on any atom is -0.477 e. The first-order chi connectivity index (χ1) is 16.0. The van der Waals surface area contributed by atoms with Crippen molar-refractivity contribution in [2.24, 2.45) is 0 Å². The lowest BCUT2D eigenvalue weighted by molar-refractivity contribution is 0.0689. The van der Waals surface area contributed by atoms with Gasteiger partial charge in [0, 0.05) is 26.5 Å². The Bertz CT molecular complexity index is 1250. The van der Waals surface area contributed by atoms with Gasteiger partial charge in [-0.15, -0.1) is 5.10 Å². The zero-order valence-corrected chi connectivity index (χ0v) is 19.6. The molecule has 0 bridgehead atoms. The molecule has 1 unspecified atom stereocenters. The number of aromatic nitrogens is 5. The van der Waals surface area contributed by atoms with Gasteiger partial charge in [0.05, 0.1) is 12.6 Å². The minimum atomic E-state index is -1.06. The van der Waals surface area contributed by atoms with Crippen LogP contribution < -0.4 is 5.32 Å². The second-order valence-electron chi connectivity index (χ2n) is 7.82. The first-order valence-corrected chi connectivity index (χ1v) is 11.5. The van der Waals surface area contributed by atoms with E-state index in [4.69, 9.17) is 23.2 Å². The summed E-state index contributed by atoms with van der Waals surface area (Å²) in [7, 11) is 0. The number of carboxylic acid groups (broad SMARTS) is 1. The third kappa shape index (κ3) is 5.19. The number of benzene rings is 2. The molecule has 0 aliphatic heterocycles. The van der Waals surface area contributed by atoms with Gasteiger partial charge in [0.2, 0.25) is 0 Å². The number of carbonyl (C=O) groups is 1. The molecule has 2 aromatic heterocycles. The minimum absolute atomic E-state index is 0.0845. The number of aromatic carboxylic acids is 1.